The second-order valence-corrected chi connectivity index (χ2v) is 7.68. The molecule has 7 nitrogen and oxygen atoms in total. The van der Waals surface area contributed by atoms with Crippen LogP contribution < -0.4 is 15.0 Å². The molecule has 1 aliphatic carbocycles. The maximum atomic E-state index is 12.7. The molecular formula is C15H16ClN3O4S. The van der Waals surface area contributed by atoms with Crippen molar-refractivity contribution in [1.29, 1.82) is 0 Å². The highest BCUT2D eigenvalue weighted by Gasteiger charge is 2.27. The zero-order valence-corrected chi connectivity index (χ0v) is 14.4. The van der Waals surface area contributed by atoms with E-state index >= 15 is 0 Å². The Kier molecular flexibility index (Phi) is 4.62. The van der Waals surface area contributed by atoms with Gasteiger partial charge in [0.05, 0.1) is 12.8 Å². The van der Waals surface area contributed by atoms with Crippen molar-refractivity contribution in [2.45, 2.75) is 30.2 Å². The second kappa shape index (κ2) is 6.54. The highest BCUT2D eigenvalue weighted by atomic mass is 35.5. The van der Waals surface area contributed by atoms with Crippen LogP contribution in [-0.2, 0) is 22.9 Å². The summed E-state index contributed by atoms with van der Waals surface area (Å²) in [7, 11) is -2.40. The Labute approximate surface area is 144 Å². The Morgan fingerprint density at radius 2 is 2.17 bits per heavy atom. The summed E-state index contributed by atoms with van der Waals surface area (Å²) in [5.74, 6) is 0.223. The highest BCUT2D eigenvalue weighted by Crippen LogP contribution is 2.28. The van der Waals surface area contributed by atoms with Crippen LogP contribution >= 0.6 is 11.6 Å². The number of hydrogen-bond donors (Lipinski definition) is 2. The normalized spacial score (nSPS) is 17.3. The van der Waals surface area contributed by atoms with Crippen LogP contribution in [0.4, 0.5) is 0 Å². The summed E-state index contributed by atoms with van der Waals surface area (Å²) in [5.41, 5.74) is 1.26. The third-order valence-corrected chi connectivity index (χ3v) is 5.69. The largest absolute Gasteiger partial charge is 0.495 e. The summed E-state index contributed by atoms with van der Waals surface area (Å²) >= 11 is 5.91. The number of aromatic amines is 1. The lowest BCUT2D eigenvalue weighted by Crippen LogP contribution is -2.39. The Hall–Kier alpha value is -1.90. The molecule has 2 aromatic rings. The summed E-state index contributed by atoms with van der Waals surface area (Å²) in [4.78, 5) is 11.4. The molecule has 0 spiro atoms. The van der Waals surface area contributed by atoms with Crippen molar-refractivity contribution in [3.8, 4) is 5.75 Å². The molecule has 3 rings (SSSR count). The highest BCUT2D eigenvalue weighted by molar-refractivity contribution is 7.89. The molecule has 2 N–H and O–H groups in total. The standard InChI is InChI=1S/C15H16ClN3O4S/c1-23-13-5-2-10(16)8-14(13)24(21,22)19-11-3-4-12-9(6-11)7-15(20)18-17-12/h2,5,7-8,11,19H,3-4,6H2,1H3,(H,18,20). The minimum Gasteiger partial charge on any atom is -0.495 e. The van der Waals surface area contributed by atoms with Gasteiger partial charge in [0.25, 0.3) is 5.56 Å². The van der Waals surface area contributed by atoms with Gasteiger partial charge in [0.1, 0.15) is 10.6 Å². The second-order valence-electron chi connectivity index (χ2n) is 5.56. The first-order valence-corrected chi connectivity index (χ1v) is 9.18. The first kappa shape index (κ1) is 16.9. The minimum atomic E-state index is -3.80. The monoisotopic (exact) mass is 369 g/mol. The molecule has 0 saturated heterocycles. The molecule has 0 fully saturated rings. The van der Waals surface area contributed by atoms with Crippen LogP contribution in [0.2, 0.25) is 5.02 Å². The maximum Gasteiger partial charge on any atom is 0.264 e. The van der Waals surface area contributed by atoms with Crippen molar-refractivity contribution in [2.75, 3.05) is 7.11 Å². The van der Waals surface area contributed by atoms with Gasteiger partial charge in [0.15, 0.2) is 0 Å². The fourth-order valence-corrected chi connectivity index (χ4v) is 4.49. The zero-order valence-electron chi connectivity index (χ0n) is 12.9. The first-order valence-electron chi connectivity index (χ1n) is 7.32. The molecule has 1 aromatic heterocycles. The molecule has 0 saturated carbocycles. The fourth-order valence-electron chi connectivity index (χ4n) is 2.78. The molecule has 1 aromatic carbocycles. The molecule has 0 bridgehead atoms. The van der Waals surface area contributed by atoms with Gasteiger partial charge in [0, 0.05) is 17.1 Å². The Balaban J connectivity index is 1.86. The number of nitrogens with zero attached hydrogens (tertiary/aromatic N) is 1. The lowest BCUT2D eigenvalue weighted by Gasteiger charge is -2.24. The van der Waals surface area contributed by atoms with E-state index < -0.39 is 10.0 Å². The number of aryl methyl sites for hydroxylation is 1. The van der Waals surface area contributed by atoms with E-state index in [4.69, 9.17) is 16.3 Å². The molecule has 9 heteroatoms. The number of H-pyrrole nitrogens is 1. The first-order chi connectivity index (χ1) is 11.4. The van der Waals surface area contributed by atoms with E-state index in [0.29, 0.717) is 24.3 Å². The van der Waals surface area contributed by atoms with Crippen molar-refractivity contribution in [2.24, 2.45) is 0 Å². The predicted octanol–water partition coefficient (Wildman–Crippen LogP) is 1.27. The molecule has 0 aliphatic heterocycles. The van der Waals surface area contributed by atoms with Gasteiger partial charge in [-0.1, -0.05) is 11.6 Å². The van der Waals surface area contributed by atoms with Crippen molar-refractivity contribution < 1.29 is 13.2 Å². The number of methoxy groups -OCH3 is 1. The van der Waals surface area contributed by atoms with Gasteiger partial charge in [0.2, 0.25) is 10.0 Å². The number of nitrogens with one attached hydrogen (secondary N) is 2. The maximum absolute atomic E-state index is 12.7. The number of fused-ring (bicyclic) bond motifs is 1. The predicted molar refractivity (Wildman–Crippen MR) is 89.0 cm³/mol. The number of halogens is 1. The third-order valence-electron chi connectivity index (χ3n) is 3.91. The lowest BCUT2D eigenvalue weighted by molar-refractivity contribution is 0.401. The summed E-state index contributed by atoms with van der Waals surface area (Å²) in [6.45, 7) is 0. The van der Waals surface area contributed by atoms with E-state index in [1.165, 1.54) is 25.3 Å². The fraction of sp³-hybridized carbons (Fsp3) is 0.333. The van der Waals surface area contributed by atoms with Gasteiger partial charge in [-0.15, -0.1) is 0 Å². The van der Waals surface area contributed by atoms with Gasteiger partial charge >= 0.3 is 0 Å². The molecule has 24 heavy (non-hydrogen) atoms. The van der Waals surface area contributed by atoms with Crippen LogP contribution in [0.1, 0.15) is 17.7 Å². The number of rotatable bonds is 4. The average Bonchev–Trinajstić information content (AvgIpc) is 2.54. The Morgan fingerprint density at radius 3 is 2.92 bits per heavy atom. The molecule has 1 unspecified atom stereocenters. The zero-order chi connectivity index (χ0) is 17.3. The van der Waals surface area contributed by atoms with E-state index in [2.05, 4.69) is 14.9 Å². The van der Waals surface area contributed by atoms with Gasteiger partial charge < -0.3 is 4.74 Å². The smallest absolute Gasteiger partial charge is 0.264 e. The number of benzene rings is 1. The Bertz CT molecular complexity index is 927. The molecular weight excluding hydrogens is 354 g/mol. The van der Waals surface area contributed by atoms with Crippen molar-refractivity contribution in [3.63, 3.8) is 0 Å². The molecule has 0 radical (unpaired) electrons. The number of ether oxygens (including phenoxy) is 1. The summed E-state index contributed by atoms with van der Waals surface area (Å²) in [6, 6.07) is 5.56. The van der Waals surface area contributed by atoms with Crippen LogP contribution in [0.3, 0.4) is 0 Å². The molecule has 1 aliphatic rings. The van der Waals surface area contributed by atoms with Gasteiger partial charge in [-0.05, 0) is 43.0 Å². The van der Waals surface area contributed by atoms with E-state index in [9.17, 15) is 13.2 Å². The lowest BCUT2D eigenvalue weighted by atomic mass is 9.93. The average molecular weight is 370 g/mol. The molecule has 1 heterocycles. The summed E-state index contributed by atoms with van der Waals surface area (Å²) in [6.07, 6.45) is 1.59. The van der Waals surface area contributed by atoms with E-state index in [1.54, 1.807) is 6.07 Å². The number of hydrogen-bond acceptors (Lipinski definition) is 5. The van der Waals surface area contributed by atoms with Gasteiger partial charge in [-0.2, -0.15) is 5.10 Å². The van der Waals surface area contributed by atoms with Crippen molar-refractivity contribution in [3.05, 3.63) is 50.9 Å². The van der Waals surface area contributed by atoms with E-state index in [1.807, 2.05) is 0 Å². The van der Waals surface area contributed by atoms with Crippen LogP contribution in [0, 0.1) is 0 Å². The van der Waals surface area contributed by atoms with Gasteiger partial charge in [-0.3, -0.25) is 4.79 Å². The molecule has 128 valence electrons. The Morgan fingerprint density at radius 1 is 1.38 bits per heavy atom. The SMILES string of the molecule is COc1ccc(Cl)cc1S(=O)(=O)NC1CCc2n[nH]c(=O)cc2C1. The topological polar surface area (TPSA) is 101 Å². The third kappa shape index (κ3) is 3.45. The van der Waals surface area contributed by atoms with Crippen molar-refractivity contribution in [1.82, 2.24) is 14.9 Å². The van der Waals surface area contributed by atoms with Crippen LogP contribution in [-0.4, -0.2) is 31.8 Å². The number of aromatic nitrogens is 2. The van der Waals surface area contributed by atoms with Crippen LogP contribution in [0.5, 0.6) is 5.75 Å². The van der Waals surface area contributed by atoms with E-state index in [-0.39, 0.29) is 22.2 Å². The molecule has 0 amide bonds. The van der Waals surface area contributed by atoms with E-state index in [0.717, 1.165) is 11.3 Å². The van der Waals surface area contributed by atoms with Crippen LogP contribution in [0.15, 0.2) is 34.0 Å². The minimum absolute atomic E-state index is 0.00710. The van der Waals surface area contributed by atoms with Crippen LogP contribution in [0.25, 0.3) is 0 Å². The summed E-state index contributed by atoms with van der Waals surface area (Å²) < 4.78 is 33.1. The van der Waals surface area contributed by atoms with Crippen molar-refractivity contribution >= 4 is 21.6 Å². The number of sulfonamides is 1. The van der Waals surface area contributed by atoms with Gasteiger partial charge in [-0.25, -0.2) is 18.2 Å². The summed E-state index contributed by atoms with van der Waals surface area (Å²) in [5, 5.41) is 6.70. The quantitative estimate of drug-likeness (QED) is 0.845. The molecule has 1 atom stereocenters.